The fourth-order valence-corrected chi connectivity index (χ4v) is 4.25. The zero-order valence-corrected chi connectivity index (χ0v) is 17.7. The lowest BCUT2D eigenvalue weighted by Gasteiger charge is -2.17. The summed E-state index contributed by atoms with van der Waals surface area (Å²) in [5.74, 6) is 2.73. The predicted molar refractivity (Wildman–Crippen MR) is 112 cm³/mol. The van der Waals surface area contributed by atoms with E-state index in [1.807, 2.05) is 0 Å². The van der Waals surface area contributed by atoms with Crippen LogP contribution >= 0.6 is 11.8 Å². The first-order valence-corrected chi connectivity index (χ1v) is 11.8. The van der Waals surface area contributed by atoms with Crippen molar-refractivity contribution in [2.45, 2.75) is 124 Å². The number of rotatable bonds is 17. The molecule has 0 aliphatic heterocycles. The highest BCUT2D eigenvalue weighted by Crippen LogP contribution is 2.22. The van der Waals surface area contributed by atoms with Crippen LogP contribution in [0.4, 0.5) is 0 Å². The van der Waals surface area contributed by atoms with E-state index in [-0.39, 0.29) is 0 Å². The van der Waals surface area contributed by atoms with Gasteiger partial charge in [0.05, 0.1) is 0 Å². The molecule has 0 aromatic rings. The highest BCUT2D eigenvalue weighted by Gasteiger charge is 2.08. The molecule has 0 aliphatic rings. The summed E-state index contributed by atoms with van der Waals surface area (Å²) in [5.41, 5.74) is 0.516. The lowest BCUT2D eigenvalue weighted by atomic mass is 9.94. The minimum atomic E-state index is 0.516. The van der Waals surface area contributed by atoms with Crippen molar-refractivity contribution in [3.8, 4) is 0 Å². The molecule has 0 radical (unpaired) electrons. The van der Waals surface area contributed by atoms with E-state index < -0.39 is 0 Å². The molecule has 0 unspecified atom stereocenters. The van der Waals surface area contributed by atoms with Crippen LogP contribution in [0.15, 0.2) is 0 Å². The SMILES string of the molecule is CCCCCCCCCCCCCCCCSCCC(C)(C)C. The normalized spacial score (nSPS) is 12.0. The Morgan fingerprint density at radius 3 is 1.30 bits per heavy atom. The Morgan fingerprint density at radius 1 is 0.522 bits per heavy atom. The maximum absolute atomic E-state index is 2.35. The van der Waals surface area contributed by atoms with E-state index in [2.05, 4.69) is 39.5 Å². The Kier molecular flexibility index (Phi) is 17.4. The van der Waals surface area contributed by atoms with Gasteiger partial charge < -0.3 is 0 Å². The molecule has 0 aliphatic carbocycles. The lowest BCUT2D eigenvalue weighted by Crippen LogP contribution is -2.06. The fourth-order valence-electron chi connectivity index (χ4n) is 2.88. The van der Waals surface area contributed by atoms with Crippen LogP contribution in [0.25, 0.3) is 0 Å². The summed E-state index contributed by atoms with van der Waals surface area (Å²) in [6, 6.07) is 0. The molecule has 0 saturated carbocycles. The molecule has 0 spiro atoms. The summed E-state index contributed by atoms with van der Waals surface area (Å²) in [5, 5.41) is 0. The number of unbranched alkanes of at least 4 members (excludes halogenated alkanes) is 13. The molecular weight excluding hydrogens is 296 g/mol. The second-order valence-corrected chi connectivity index (χ2v) is 9.74. The van der Waals surface area contributed by atoms with Crippen molar-refractivity contribution >= 4 is 11.8 Å². The van der Waals surface area contributed by atoms with Gasteiger partial charge in [-0.25, -0.2) is 0 Å². The first-order valence-electron chi connectivity index (χ1n) is 10.6. The number of hydrogen-bond acceptors (Lipinski definition) is 1. The van der Waals surface area contributed by atoms with E-state index in [1.165, 1.54) is 108 Å². The van der Waals surface area contributed by atoms with Gasteiger partial charge in [-0.3, -0.25) is 0 Å². The first-order chi connectivity index (χ1) is 11.1. The molecule has 0 N–H and O–H groups in total. The molecule has 0 bridgehead atoms. The molecule has 0 atom stereocenters. The van der Waals surface area contributed by atoms with E-state index >= 15 is 0 Å². The topological polar surface area (TPSA) is 0 Å². The Balaban J connectivity index is 3.00. The van der Waals surface area contributed by atoms with Gasteiger partial charge in [-0.2, -0.15) is 11.8 Å². The van der Waals surface area contributed by atoms with E-state index in [0.29, 0.717) is 5.41 Å². The van der Waals surface area contributed by atoms with Crippen molar-refractivity contribution in [2.75, 3.05) is 11.5 Å². The standard InChI is InChI=1S/C22H46S/c1-5-6-7-8-9-10-11-12-13-14-15-16-17-18-20-23-21-19-22(2,3)4/h5-21H2,1-4H3. The molecule has 0 amide bonds. The highest BCUT2D eigenvalue weighted by atomic mass is 32.2. The minimum Gasteiger partial charge on any atom is -0.162 e. The summed E-state index contributed by atoms with van der Waals surface area (Å²) in [7, 11) is 0. The fraction of sp³-hybridized carbons (Fsp3) is 1.00. The van der Waals surface area contributed by atoms with Crippen LogP contribution < -0.4 is 0 Å². The molecule has 0 aromatic heterocycles. The Hall–Kier alpha value is 0.350. The van der Waals surface area contributed by atoms with Gasteiger partial charge in [0.1, 0.15) is 0 Å². The van der Waals surface area contributed by atoms with Crippen LogP contribution in [0.5, 0.6) is 0 Å². The Morgan fingerprint density at radius 2 is 0.913 bits per heavy atom. The zero-order chi connectivity index (χ0) is 17.2. The van der Waals surface area contributed by atoms with Gasteiger partial charge in [0.2, 0.25) is 0 Å². The van der Waals surface area contributed by atoms with Crippen molar-refractivity contribution in [3.63, 3.8) is 0 Å². The van der Waals surface area contributed by atoms with Crippen molar-refractivity contribution in [1.29, 1.82) is 0 Å². The number of thioether (sulfide) groups is 1. The molecule has 0 rings (SSSR count). The maximum Gasteiger partial charge on any atom is -0.00626 e. The number of hydrogen-bond donors (Lipinski definition) is 0. The maximum atomic E-state index is 2.35. The Bertz CT molecular complexity index is 217. The van der Waals surface area contributed by atoms with E-state index in [4.69, 9.17) is 0 Å². The largest absolute Gasteiger partial charge is 0.162 e. The molecule has 140 valence electrons. The lowest BCUT2D eigenvalue weighted by molar-refractivity contribution is 0.401. The van der Waals surface area contributed by atoms with Crippen molar-refractivity contribution < 1.29 is 0 Å². The van der Waals surface area contributed by atoms with Crippen LogP contribution in [0, 0.1) is 5.41 Å². The van der Waals surface area contributed by atoms with Crippen molar-refractivity contribution in [1.82, 2.24) is 0 Å². The predicted octanol–water partition coefficient (Wildman–Crippen LogP) is 8.64. The van der Waals surface area contributed by atoms with Crippen LogP contribution in [0.3, 0.4) is 0 Å². The van der Waals surface area contributed by atoms with E-state index in [0.717, 1.165) is 0 Å². The van der Waals surface area contributed by atoms with Crippen LogP contribution in [-0.2, 0) is 0 Å². The molecule has 0 fully saturated rings. The van der Waals surface area contributed by atoms with Crippen LogP contribution in [-0.4, -0.2) is 11.5 Å². The van der Waals surface area contributed by atoms with Gasteiger partial charge >= 0.3 is 0 Å². The van der Waals surface area contributed by atoms with Crippen molar-refractivity contribution in [2.24, 2.45) is 5.41 Å². The highest BCUT2D eigenvalue weighted by molar-refractivity contribution is 7.99. The molecule has 0 aromatic carbocycles. The summed E-state index contributed by atoms with van der Waals surface area (Å²) >= 11 is 2.16. The van der Waals surface area contributed by atoms with E-state index in [1.54, 1.807) is 0 Å². The smallest absolute Gasteiger partial charge is 0.00626 e. The van der Waals surface area contributed by atoms with E-state index in [9.17, 15) is 0 Å². The quantitative estimate of drug-likeness (QED) is 0.238. The van der Waals surface area contributed by atoms with Crippen LogP contribution in [0.1, 0.15) is 124 Å². The van der Waals surface area contributed by atoms with Gasteiger partial charge in [0.15, 0.2) is 0 Å². The monoisotopic (exact) mass is 342 g/mol. The van der Waals surface area contributed by atoms with Gasteiger partial charge in [-0.15, -0.1) is 0 Å². The molecule has 1 heteroatoms. The summed E-state index contributed by atoms with van der Waals surface area (Å²) in [6.07, 6.45) is 21.8. The van der Waals surface area contributed by atoms with Crippen LogP contribution in [0.2, 0.25) is 0 Å². The third kappa shape index (κ3) is 22.4. The third-order valence-corrected chi connectivity index (χ3v) is 5.71. The second-order valence-electron chi connectivity index (χ2n) is 8.52. The second kappa shape index (κ2) is 17.2. The van der Waals surface area contributed by atoms with Gasteiger partial charge in [-0.1, -0.05) is 111 Å². The van der Waals surface area contributed by atoms with Crippen molar-refractivity contribution in [3.05, 3.63) is 0 Å². The summed E-state index contributed by atoms with van der Waals surface area (Å²) < 4.78 is 0. The molecule has 0 nitrogen and oxygen atoms in total. The molecule has 0 saturated heterocycles. The average Bonchev–Trinajstić information content (AvgIpc) is 2.49. The third-order valence-electron chi connectivity index (χ3n) is 4.64. The van der Waals surface area contributed by atoms with Gasteiger partial charge in [-0.05, 0) is 29.8 Å². The molecule has 0 heterocycles. The van der Waals surface area contributed by atoms with Gasteiger partial charge in [0, 0.05) is 0 Å². The Labute approximate surface area is 153 Å². The zero-order valence-electron chi connectivity index (χ0n) is 16.9. The average molecular weight is 343 g/mol. The molecular formula is C22H46S. The summed E-state index contributed by atoms with van der Waals surface area (Å²) in [6.45, 7) is 9.34. The summed E-state index contributed by atoms with van der Waals surface area (Å²) in [4.78, 5) is 0. The first kappa shape index (κ1) is 23.4. The molecule has 23 heavy (non-hydrogen) atoms. The minimum absolute atomic E-state index is 0.516. The van der Waals surface area contributed by atoms with Gasteiger partial charge in [0.25, 0.3) is 0 Å².